The van der Waals surface area contributed by atoms with E-state index in [1.165, 1.54) is 38.8 Å². The van der Waals surface area contributed by atoms with E-state index < -0.39 is 0 Å². The molecule has 0 aromatic carbocycles. The molecule has 1 saturated carbocycles. The zero-order valence-corrected chi connectivity index (χ0v) is 10.6. The van der Waals surface area contributed by atoms with Crippen molar-refractivity contribution in [2.24, 2.45) is 11.8 Å². The van der Waals surface area contributed by atoms with E-state index in [0.717, 1.165) is 11.8 Å². The van der Waals surface area contributed by atoms with E-state index in [4.69, 9.17) is 11.6 Å². The van der Waals surface area contributed by atoms with Crippen LogP contribution in [0.4, 0.5) is 0 Å². The molecule has 0 N–H and O–H groups in total. The lowest BCUT2D eigenvalue weighted by molar-refractivity contribution is 0.189. The molecule has 1 fully saturated rings. The van der Waals surface area contributed by atoms with Crippen molar-refractivity contribution in [1.29, 1.82) is 0 Å². The Hall–Kier alpha value is 0.250. The lowest BCUT2D eigenvalue weighted by Crippen LogP contribution is -2.36. The molecule has 1 aliphatic carbocycles. The summed E-state index contributed by atoms with van der Waals surface area (Å²) in [7, 11) is 2.24. The third-order valence-corrected chi connectivity index (χ3v) is 3.51. The van der Waals surface area contributed by atoms with Crippen molar-refractivity contribution in [3.05, 3.63) is 0 Å². The largest absolute Gasteiger partial charge is 0.306 e. The fraction of sp³-hybridized carbons (Fsp3) is 1.00. The van der Waals surface area contributed by atoms with Crippen LogP contribution < -0.4 is 0 Å². The van der Waals surface area contributed by atoms with E-state index in [-0.39, 0.29) is 0 Å². The van der Waals surface area contributed by atoms with E-state index in [0.29, 0.717) is 5.38 Å². The molecule has 0 heterocycles. The van der Waals surface area contributed by atoms with Gasteiger partial charge in [-0.1, -0.05) is 20.3 Å². The second-order valence-corrected chi connectivity index (χ2v) is 5.67. The maximum atomic E-state index is 5.96. The number of hydrogen-bond donors (Lipinski definition) is 0. The van der Waals surface area contributed by atoms with Crippen LogP contribution in [-0.4, -0.2) is 30.4 Å². The summed E-state index contributed by atoms with van der Waals surface area (Å²) in [6.45, 7) is 7.11. The molecule has 0 aromatic rings. The van der Waals surface area contributed by atoms with Crippen molar-refractivity contribution in [2.75, 3.05) is 20.1 Å². The average molecular weight is 218 g/mol. The molecule has 0 bridgehead atoms. The highest BCUT2D eigenvalue weighted by Gasteiger charge is 2.27. The fourth-order valence-corrected chi connectivity index (χ4v) is 2.94. The Morgan fingerprint density at radius 1 is 1.43 bits per heavy atom. The van der Waals surface area contributed by atoms with Gasteiger partial charge in [-0.2, -0.15) is 0 Å². The minimum Gasteiger partial charge on any atom is -0.306 e. The molecule has 2 heteroatoms. The van der Waals surface area contributed by atoms with Crippen molar-refractivity contribution in [3.8, 4) is 0 Å². The van der Waals surface area contributed by atoms with Gasteiger partial charge in [0.05, 0.1) is 0 Å². The van der Waals surface area contributed by atoms with Crippen LogP contribution in [0, 0.1) is 11.8 Å². The maximum absolute atomic E-state index is 5.96. The van der Waals surface area contributed by atoms with E-state index in [1.54, 1.807) is 0 Å². The maximum Gasteiger partial charge on any atom is 0.0342 e. The van der Waals surface area contributed by atoms with Gasteiger partial charge in [0.25, 0.3) is 0 Å². The Morgan fingerprint density at radius 3 is 2.57 bits per heavy atom. The summed E-state index contributed by atoms with van der Waals surface area (Å²) in [6.07, 6.45) is 5.12. The highest BCUT2D eigenvalue weighted by Crippen LogP contribution is 2.32. The lowest BCUT2D eigenvalue weighted by atomic mass is 9.84. The summed E-state index contributed by atoms with van der Waals surface area (Å²) in [6, 6.07) is 0. The van der Waals surface area contributed by atoms with Crippen LogP contribution in [0.1, 0.15) is 39.5 Å². The molecule has 0 aliphatic heterocycles. The minimum absolute atomic E-state index is 0.474. The first-order valence-corrected chi connectivity index (χ1v) is 6.38. The highest BCUT2D eigenvalue weighted by molar-refractivity contribution is 6.21. The van der Waals surface area contributed by atoms with Crippen LogP contribution in [0.15, 0.2) is 0 Å². The molecule has 1 unspecified atom stereocenters. The summed E-state index contributed by atoms with van der Waals surface area (Å²) < 4.78 is 0. The third-order valence-electron chi connectivity index (χ3n) is 3.15. The summed E-state index contributed by atoms with van der Waals surface area (Å²) in [5.74, 6) is 1.72. The van der Waals surface area contributed by atoms with Gasteiger partial charge in [0, 0.05) is 18.5 Å². The Balaban J connectivity index is 2.06. The predicted octanol–water partition coefficient (Wildman–Crippen LogP) is 3.37. The Morgan fingerprint density at radius 2 is 2.07 bits per heavy atom. The van der Waals surface area contributed by atoms with E-state index in [9.17, 15) is 0 Å². The monoisotopic (exact) mass is 217 g/mol. The Kier molecular flexibility index (Phi) is 5.25. The lowest BCUT2D eigenvalue weighted by Gasteiger charge is -2.34. The summed E-state index contributed by atoms with van der Waals surface area (Å²) in [5, 5.41) is 0.474. The average Bonchev–Trinajstić information content (AvgIpc) is 2.01. The van der Waals surface area contributed by atoms with Gasteiger partial charge in [0.1, 0.15) is 0 Å². The van der Waals surface area contributed by atoms with Crippen molar-refractivity contribution >= 4 is 11.6 Å². The molecule has 14 heavy (non-hydrogen) atoms. The molecule has 84 valence electrons. The van der Waals surface area contributed by atoms with Crippen LogP contribution in [0.5, 0.6) is 0 Å². The molecule has 0 amide bonds. The van der Waals surface area contributed by atoms with Gasteiger partial charge in [-0.15, -0.1) is 11.6 Å². The standard InChI is InChI=1S/C12H24ClN/c1-4-5-10(2)8-14(3)9-11-6-12(13)7-11/h10-12H,4-9H2,1-3H3. The zero-order valence-electron chi connectivity index (χ0n) is 9.80. The molecule has 0 radical (unpaired) electrons. The van der Waals surface area contributed by atoms with Crippen LogP contribution >= 0.6 is 11.6 Å². The SMILES string of the molecule is CCCC(C)CN(C)CC1CC(Cl)C1. The summed E-state index contributed by atoms with van der Waals surface area (Å²) in [5.41, 5.74) is 0. The second kappa shape index (κ2) is 5.97. The van der Waals surface area contributed by atoms with Gasteiger partial charge in [0.15, 0.2) is 0 Å². The van der Waals surface area contributed by atoms with Gasteiger partial charge < -0.3 is 4.90 Å². The molecule has 0 saturated heterocycles. The van der Waals surface area contributed by atoms with E-state index in [2.05, 4.69) is 25.8 Å². The summed E-state index contributed by atoms with van der Waals surface area (Å²) in [4.78, 5) is 2.48. The van der Waals surface area contributed by atoms with Crippen LogP contribution in [-0.2, 0) is 0 Å². The first kappa shape index (κ1) is 12.3. The molecule has 1 nitrogen and oxygen atoms in total. The topological polar surface area (TPSA) is 3.24 Å². The minimum atomic E-state index is 0.474. The normalized spacial score (nSPS) is 28.9. The van der Waals surface area contributed by atoms with Gasteiger partial charge >= 0.3 is 0 Å². The smallest absolute Gasteiger partial charge is 0.0342 e. The molecular formula is C12H24ClN. The van der Waals surface area contributed by atoms with Crippen molar-refractivity contribution in [1.82, 2.24) is 4.90 Å². The molecule has 0 aromatic heterocycles. The summed E-state index contributed by atoms with van der Waals surface area (Å²) >= 11 is 5.96. The number of rotatable bonds is 6. The molecular weight excluding hydrogens is 194 g/mol. The highest BCUT2D eigenvalue weighted by atomic mass is 35.5. The molecule has 1 rings (SSSR count). The zero-order chi connectivity index (χ0) is 10.6. The Labute approximate surface area is 93.8 Å². The van der Waals surface area contributed by atoms with Crippen molar-refractivity contribution in [3.63, 3.8) is 0 Å². The van der Waals surface area contributed by atoms with Crippen LogP contribution in [0.2, 0.25) is 0 Å². The van der Waals surface area contributed by atoms with Gasteiger partial charge in [-0.05, 0) is 38.1 Å². The predicted molar refractivity (Wildman–Crippen MR) is 63.9 cm³/mol. The van der Waals surface area contributed by atoms with Crippen LogP contribution in [0.3, 0.4) is 0 Å². The van der Waals surface area contributed by atoms with Crippen molar-refractivity contribution in [2.45, 2.75) is 44.9 Å². The number of alkyl halides is 1. The van der Waals surface area contributed by atoms with E-state index >= 15 is 0 Å². The number of hydrogen-bond acceptors (Lipinski definition) is 1. The van der Waals surface area contributed by atoms with Gasteiger partial charge in [-0.3, -0.25) is 0 Å². The van der Waals surface area contributed by atoms with E-state index in [1.807, 2.05) is 0 Å². The number of halogens is 1. The molecule has 1 atom stereocenters. The first-order valence-electron chi connectivity index (χ1n) is 5.94. The van der Waals surface area contributed by atoms with Crippen molar-refractivity contribution < 1.29 is 0 Å². The second-order valence-electron chi connectivity index (χ2n) is 5.05. The molecule has 0 spiro atoms. The quantitative estimate of drug-likeness (QED) is 0.617. The third kappa shape index (κ3) is 4.18. The van der Waals surface area contributed by atoms with Crippen LogP contribution in [0.25, 0.3) is 0 Å². The molecule has 1 aliphatic rings. The first-order chi connectivity index (χ1) is 6.61. The van der Waals surface area contributed by atoms with Gasteiger partial charge in [0.2, 0.25) is 0 Å². The number of nitrogens with zero attached hydrogens (tertiary/aromatic N) is 1. The van der Waals surface area contributed by atoms with Gasteiger partial charge in [-0.25, -0.2) is 0 Å². The fourth-order valence-electron chi connectivity index (χ4n) is 2.43. The Bertz CT molecular complexity index is 148.